The molecule has 0 heterocycles. The van der Waals surface area contributed by atoms with Gasteiger partial charge in [-0.05, 0) is 79.3 Å². The lowest BCUT2D eigenvalue weighted by molar-refractivity contribution is 0.344. The number of phenolic OH excluding ortho intramolecular Hbond substituents is 1. The van der Waals surface area contributed by atoms with Gasteiger partial charge in [-0.1, -0.05) is 6.07 Å². The molecule has 0 aliphatic heterocycles. The Morgan fingerprint density at radius 1 is 1.12 bits per heavy atom. The van der Waals surface area contributed by atoms with E-state index in [1.807, 2.05) is 44.4 Å². The van der Waals surface area contributed by atoms with Crippen molar-refractivity contribution in [3.63, 3.8) is 0 Å². The van der Waals surface area contributed by atoms with Crippen molar-refractivity contribution in [2.45, 2.75) is 25.2 Å². The Hall–Kier alpha value is -1.39. The average Bonchev–Trinajstić information content (AvgIpc) is 2.49. The molecule has 2 aromatic rings. The summed E-state index contributed by atoms with van der Waals surface area (Å²) in [5.41, 5.74) is 4.48. The topological polar surface area (TPSA) is 69.9 Å². The predicted molar refractivity (Wildman–Crippen MR) is 103 cm³/mol. The number of aryl methyl sites for hydroxylation is 2. The standard InChI is InChI=1S/C18H23O4PS/c1-12-7-15(22-11-23(3,20)21)8-13(2)16(12)9-14-5-6-17(19)18(10-14)24-4/h5-8,10,19-21H,3,9,11H2,1-2,4H3. The zero-order valence-electron chi connectivity index (χ0n) is 14.1. The molecule has 130 valence electrons. The van der Waals surface area contributed by atoms with Crippen molar-refractivity contribution in [3.05, 3.63) is 52.6 Å². The molecule has 2 rings (SSSR count). The summed E-state index contributed by atoms with van der Waals surface area (Å²) in [6.07, 6.45) is 5.82. The van der Waals surface area contributed by atoms with Crippen LogP contribution in [-0.4, -0.2) is 33.8 Å². The molecule has 0 saturated carbocycles. The van der Waals surface area contributed by atoms with Crippen LogP contribution in [0, 0.1) is 13.8 Å². The Kier molecular flexibility index (Phi) is 6.05. The summed E-state index contributed by atoms with van der Waals surface area (Å²) in [7, 11) is -3.19. The summed E-state index contributed by atoms with van der Waals surface area (Å²) in [4.78, 5) is 19.6. The van der Waals surface area contributed by atoms with Gasteiger partial charge in [-0.3, -0.25) is 0 Å². The number of phenols is 1. The minimum Gasteiger partial charge on any atom is -0.507 e. The van der Waals surface area contributed by atoms with Crippen LogP contribution in [-0.2, 0) is 6.42 Å². The van der Waals surface area contributed by atoms with Gasteiger partial charge in [-0.2, -0.15) is 0 Å². The van der Waals surface area contributed by atoms with Crippen molar-refractivity contribution >= 4 is 25.4 Å². The number of rotatable bonds is 6. The molecule has 0 fully saturated rings. The van der Waals surface area contributed by atoms with E-state index in [1.165, 1.54) is 17.3 Å². The molecular formula is C18H23O4PS. The number of hydrogen-bond acceptors (Lipinski definition) is 5. The van der Waals surface area contributed by atoms with Gasteiger partial charge in [0, 0.05) is 4.90 Å². The molecule has 0 bridgehead atoms. The maximum absolute atomic E-state index is 9.79. The Morgan fingerprint density at radius 3 is 2.29 bits per heavy atom. The van der Waals surface area contributed by atoms with E-state index < -0.39 is 7.34 Å². The van der Waals surface area contributed by atoms with Crippen LogP contribution in [0.5, 0.6) is 11.5 Å². The van der Waals surface area contributed by atoms with E-state index in [9.17, 15) is 14.9 Å². The fourth-order valence-electron chi connectivity index (χ4n) is 2.53. The highest BCUT2D eigenvalue weighted by atomic mass is 32.2. The normalized spacial score (nSPS) is 11.5. The Balaban J connectivity index is 2.24. The summed E-state index contributed by atoms with van der Waals surface area (Å²) < 4.78 is 5.44. The van der Waals surface area contributed by atoms with Crippen LogP contribution in [0.1, 0.15) is 22.3 Å². The van der Waals surface area contributed by atoms with Crippen molar-refractivity contribution in [2.75, 3.05) is 12.6 Å². The molecule has 4 nitrogen and oxygen atoms in total. The fraction of sp³-hybridized carbons (Fsp3) is 0.278. The van der Waals surface area contributed by atoms with Gasteiger partial charge in [0.05, 0.1) is 0 Å². The van der Waals surface area contributed by atoms with E-state index in [4.69, 9.17) is 4.74 Å². The first-order valence-corrected chi connectivity index (χ1v) is 10.8. The second kappa shape index (κ2) is 7.66. The van der Waals surface area contributed by atoms with Crippen molar-refractivity contribution in [1.29, 1.82) is 0 Å². The highest BCUT2D eigenvalue weighted by Gasteiger charge is 2.11. The fourth-order valence-corrected chi connectivity index (χ4v) is 3.43. The molecule has 0 spiro atoms. The maximum Gasteiger partial charge on any atom is 0.152 e. The van der Waals surface area contributed by atoms with E-state index in [2.05, 4.69) is 6.30 Å². The number of thioether (sulfide) groups is 1. The van der Waals surface area contributed by atoms with E-state index in [0.29, 0.717) is 11.5 Å². The lowest BCUT2D eigenvalue weighted by Crippen LogP contribution is -2.01. The zero-order valence-corrected chi connectivity index (χ0v) is 15.8. The third-order valence-corrected chi connectivity index (χ3v) is 5.04. The van der Waals surface area contributed by atoms with Crippen LogP contribution < -0.4 is 4.74 Å². The number of benzene rings is 2. The van der Waals surface area contributed by atoms with Crippen LogP contribution in [0.25, 0.3) is 0 Å². The second-order valence-electron chi connectivity index (χ2n) is 5.87. The molecule has 0 amide bonds. The second-order valence-corrected chi connectivity index (χ2v) is 8.73. The van der Waals surface area contributed by atoms with Crippen LogP contribution in [0.2, 0.25) is 0 Å². The predicted octanol–water partition coefficient (Wildman–Crippen LogP) is 3.92. The lowest BCUT2D eigenvalue weighted by atomic mass is 9.96. The minimum absolute atomic E-state index is 0.180. The van der Waals surface area contributed by atoms with E-state index >= 15 is 0 Å². The van der Waals surface area contributed by atoms with Gasteiger partial charge in [0.2, 0.25) is 0 Å². The van der Waals surface area contributed by atoms with Crippen molar-refractivity contribution in [1.82, 2.24) is 0 Å². The van der Waals surface area contributed by atoms with Crippen LogP contribution in [0.15, 0.2) is 35.2 Å². The SMILES string of the molecule is C=P(O)(O)COc1cc(C)c(Cc2ccc(O)c(SC)c2)c(C)c1. The van der Waals surface area contributed by atoms with Crippen molar-refractivity contribution in [2.24, 2.45) is 0 Å². The molecule has 0 atom stereocenters. The van der Waals surface area contributed by atoms with Crippen molar-refractivity contribution < 1.29 is 19.6 Å². The van der Waals surface area contributed by atoms with E-state index in [0.717, 1.165) is 28.0 Å². The molecule has 24 heavy (non-hydrogen) atoms. The maximum atomic E-state index is 9.79. The smallest absolute Gasteiger partial charge is 0.152 e. The molecular weight excluding hydrogens is 343 g/mol. The molecule has 2 aromatic carbocycles. The Morgan fingerprint density at radius 2 is 1.75 bits per heavy atom. The highest BCUT2D eigenvalue weighted by molar-refractivity contribution is 7.98. The molecule has 3 N–H and O–H groups in total. The van der Waals surface area contributed by atoms with Gasteiger partial charge in [-0.25, -0.2) is 0 Å². The first kappa shape index (κ1) is 18.9. The van der Waals surface area contributed by atoms with Gasteiger partial charge in [0.1, 0.15) is 18.8 Å². The third kappa shape index (κ3) is 5.05. The first-order valence-electron chi connectivity index (χ1n) is 7.46. The minimum atomic E-state index is -3.19. The Bertz CT molecular complexity index is 760. The quantitative estimate of drug-likeness (QED) is 0.534. The summed E-state index contributed by atoms with van der Waals surface area (Å²) in [6, 6.07) is 9.45. The number of ether oxygens (including phenoxy) is 1. The first-order chi connectivity index (χ1) is 11.2. The zero-order chi connectivity index (χ0) is 17.9. The summed E-state index contributed by atoms with van der Waals surface area (Å²) in [5, 5.41) is 9.79. The Labute approximate surface area is 147 Å². The molecule has 0 aliphatic rings. The van der Waals surface area contributed by atoms with Crippen molar-refractivity contribution in [3.8, 4) is 11.5 Å². The molecule has 0 aromatic heterocycles. The molecule has 0 saturated heterocycles. The van der Waals surface area contributed by atoms with E-state index in [1.54, 1.807) is 6.07 Å². The third-order valence-electron chi connectivity index (χ3n) is 3.73. The summed E-state index contributed by atoms with van der Waals surface area (Å²) >= 11 is 1.52. The summed E-state index contributed by atoms with van der Waals surface area (Å²) in [5.74, 6) is 0.914. The van der Waals surface area contributed by atoms with Crippen LogP contribution >= 0.6 is 19.1 Å². The van der Waals surface area contributed by atoms with Crippen LogP contribution in [0.3, 0.4) is 0 Å². The molecule has 0 unspecified atom stereocenters. The monoisotopic (exact) mass is 366 g/mol. The highest BCUT2D eigenvalue weighted by Crippen LogP contribution is 2.35. The number of aromatic hydroxyl groups is 1. The lowest BCUT2D eigenvalue weighted by Gasteiger charge is -2.16. The molecule has 0 radical (unpaired) electrons. The molecule has 0 aliphatic carbocycles. The van der Waals surface area contributed by atoms with Gasteiger partial charge in [0.25, 0.3) is 0 Å². The van der Waals surface area contributed by atoms with E-state index in [-0.39, 0.29) is 6.35 Å². The number of hydrogen-bond donors (Lipinski definition) is 3. The molecule has 6 heteroatoms. The van der Waals surface area contributed by atoms with Gasteiger partial charge in [0.15, 0.2) is 6.35 Å². The van der Waals surface area contributed by atoms with Gasteiger partial charge in [-0.15, -0.1) is 11.8 Å². The largest absolute Gasteiger partial charge is 0.507 e. The van der Waals surface area contributed by atoms with Gasteiger partial charge < -0.3 is 19.6 Å². The van der Waals surface area contributed by atoms with Gasteiger partial charge >= 0.3 is 0 Å². The summed E-state index contributed by atoms with van der Waals surface area (Å²) in [6.45, 7) is 4.02. The average molecular weight is 366 g/mol. The van der Waals surface area contributed by atoms with Crippen LogP contribution in [0.4, 0.5) is 0 Å².